The number of carbonyl (C=O) groups excluding carboxylic acids is 1. The average molecular weight is 286 g/mol. The molecule has 0 unspecified atom stereocenters. The molecule has 0 saturated carbocycles. The molecule has 0 bridgehead atoms. The molecule has 1 amide bonds. The Kier molecular flexibility index (Phi) is 4.29. The summed E-state index contributed by atoms with van der Waals surface area (Å²) >= 11 is 0. The molecule has 0 aliphatic heterocycles. The molecule has 0 aliphatic rings. The van der Waals surface area contributed by atoms with Gasteiger partial charge in [0.1, 0.15) is 11.6 Å². The standard InChI is InChI=1S/C16H12F2N2O/c1-10-5-13(15(18)7-14(10)17)16(21)20-9-12-4-2-3-11(6-12)8-19/h2-7H,9H2,1H3,(H,20,21). The maximum Gasteiger partial charge on any atom is 0.254 e. The molecule has 2 rings (SSSR count). The lowest BCUT2D eigenvalue weighted by atomic mass is 10.1. The van der Waals surface area contributed by atoms with Crippen LogP contribution in [0.1, 0.15) is 27.0 Å². The van der Waals surface area contributed by atoms with Crippen LogP contribution in [-0.2, 0) is 6.54 Å². The van der Waals surface area contributed by atoms with Gasteiger partial charge < -0.3 is 5.32 Å². The third-order valence-corrected chi connectivity index (χ3v) is 3.00. The van der Waals surface area contributed by atoms with Gasteiger partial charge in [-0.3, -0.25) is 4.79 Å². The van der Waals surface area contributed by atoms with Gasteiger partial charge in [-0.25, -0.2) is 8.78 Å². The van der Waals surface area contributed by atoms with Crippen molar-refractivity contribution >= 4 is 5.91 Å². The highest BCUT2D eigenvalue weighted by Crippen LogP contribution is 2.14. The Morgan fingerprint density at radius 2 is 2.00 bits per heavy atom. The number of carbonyl (C=O) groups is 1. The minimum absolute atomic E-state index is 0.157. The molecule has 1 N–H and O–H groups in total. The first-order chi connectivity index (χ1) is 10.0. The first-order valence-corrected chi connectivity index (χ1v) is 6.24. The number of rotatable bonds is 3. The highest BCUT2D eigenvalue weighted by Gasteiger charge is 2.14. The lowest BCUT2D eigenvalue weighted by Crippen LogP contribution is -2.24. The van der Waals surface area contributed by atoms with Crippen molar-refractivity contribution in [2.75, 3.05) is 0 Å². The fourth-order valence-electron chi connectivity index (χ4n) is 1.86. The van der Waals surface area contributed by atoms with Crippen LogP contribution in [0.2, 0.25) is 0 Å². The van der Waals surface area contributed by atoms with Gasteiger partial charge in [0.25, 0.3) is 5.91 Å². The number of halogens is 2. The van der Waals surface area contributed by atoms with Crippen LogP contribution in [0.15, 0.2) is 36.4 Å². The Morgan fingerprint density at radius 3 is 2.71 bits per heavy atom. The lowest BCUT2D eigenvalue weighted by Gasteiger charge is -2.08. The molecule has 0 saturated heterocycles. The van der Waals surface area contributed by atoms with E-state index in [1.165, 1.54) is 13.0 Å². The van der Waals surface area contributed by atoms with Crippen LogP contribution >= 0.6 is 0 Å². The average Bonchev–Trinajstić information content (AvgIpc) is 2.48. The smallest absolute Gasteiger partial charge is 0.254 e. The van der Waals surface area contributed by atoms with Crippen LogP contribution in [0, 0.1) is 29.9 Å². The molecule has 0 heterocycles. The van der Waals surface area contributed by atoms with Crippen molar-refractivity contribution in [3.05, 3.63) is 70.3 Å². The summed E-state index contributed by atoms with van der Waals surface area (Å²) in [7, 11) is 0. The van der Waals surface area contributed by atoms with Gasteiger partial charge in [-0.15, -0.1) is 0 Å². The number of nitrogens with zero attached hydrogens (tertiary/aromatic N) is 1. The van der Waals surface area contributed by atoms with Crippen molar-refractivity contribution in [1.82, 2.24) is 5.32 Å². The van der Waals surface area contributed by atoms with Gasteiger partial charge in [-0.05, 0) is 36.2 Å². The van der Waals surface area contributed by atoms with Gasteiger partial charge in [0.2, 0.25) is 0 Å². The summed E-state index contributed by atoms with van der Waals surface area (Å²) in [4.78, 5) is 11.9. The van der Waals surface area contributed by atoms with Crippen molar-refractivity contribution in [1.29, 1.82) is 5.26 Å². The molecule has 0 fully saturated rings. The van der Waals surface area contributed by atoms with Gasteiger partial charge in [0.15, 0.2) is 0 Å². The van der Waals surface area contributed by atoms with E-state index in [0.29, 0.717) is 11.6 Å². The number of amides is 1. The van der Waals surface area contributed by atoms with E-state index in [-0.39, 0.29) is 17.7 Å². The van der Waals surface area contributed by atoms with Crippen LogP contribution in [0.5, 0.6) is 0 Å². The third kappa shape index (κ3) is 3.42. The Balaban J connectivity index is 2.12. The molecule has 0 aliphatic carbocycles. The highest BCUT2D eigenvalue weighted by atomic mass is 19.1. The van der Waals surface area contributed by atoms with Crippen LogP contribution in [0.3, 0.4) is 0 Å². The Bertz CT molecular complexity index is 736. The first-order valence-electron chi connectivity index (χ1n) is 6.24. The molecule has 5 heteroatoms. The molecule has 106 valence electrons. The van der Waals surface area contributed by atoms with E-state index >= 15 is 0 Å². The summed E-state index contributed by atoms with van der Waals surface area (Å²) < 4.78 is 26.7. The monoisotopic (exact) mass is 286 g/mol. The van der Waals surface area contributed by atoms with Gasteiger partial charge in [0, 0.05) is 12.6 Å². The molecule has 0 aromatic heterocycles. The molecule has 21 heavy (non-hydrogen) atoms. The molecule has 3 nitrogen and oxygen atoms in total. The number of aryl methyl sites for hydroxylation is 1. The zero-order chi connectivity index (χ0) is 15.4. The van der Waals surface area contributed by atoms with Gasteiger partial charge >= 0.3 is 0 Å². The van der Waals surface area contributed by atoms with E-state index in [2.05, 4.69) is 5.32 Å². The summed E-state index contributed by atoms with van der Waals surface area (Å²) in [6.07, 6.45) is 0. The lowest BCUT2D eigenvalue weighted by molar-refractivity contribution is 0.0946. The predicted molar refractivity (Wildman–Crippen MR) is 73.4 cm³/mol. The van der Waals surface area contributed by atoms with E-state index in [0.717, 1.165) is 5.56 Å². The van der Waals surface area contributed by atoms with Crippen LogP contribution in [-0.4, -0.2) is 5.91 Å². The van der Waals surface area contributed by atoms with Crippen molar-refractivity contribution in [3.8, 4) is 6.07 Å². The van der Waals surface area contributed by atoms with E-state index in [1.807, 2.05) is 6.07 Å². The zero-order valence-corrected chi connectivity index (χ0v) is 11.3. The normalized spacial score (nSPS) is 10.0. The SMILES string of the molecule is Cc1cc(C(=O)NCc2cccc(C#N)c2)c(F)cc1F. The van der Waals surface area contributed by atoms with Gasteiger partial charge in [0.05, 0.1) is 17.2 Å². The van der Waals surface area contributed by atoms with E-state index in [9.17, 15) is 13.6 Å². The fraction of sp³-hybridized carbons (Fsp3) is 0.125. The van der Waals surface area contributed by atoms with Crippen molar-refractivity contribution in [3.63, 3.8) is 0 Å². The summed E-state index contributed by atoms with van der Waals surface area (Å²) in [5, 5.41) is 11.3. The maximum absolute atomic E-state index is 13.6. The van der Waals surface area contributed by atoms with Gasteiger partial charge in [-0.1, -0.05) is 12.1 Å². The number of benzene rings is 2. The molecule has 0 radical (unpaired) electrons. The van der Waals surface area contributed by atoms with Crippen LogP contribution < -0.4 is 5.32 Å². The molecule has 2 aromatic rings. The Morgan fingerprint density at radius 1 is 1.24 bits per heavy atom. The number of nitriles is 1. The summed E-state index contributed by atoms with van der Waals surface area (Å²) in [5.74, 6) is -2.22. The summed E-state index contributed by atoms with van der Waals surface area (Å²) in [5.41, 5.74) is 1.20. The van der Waals surface area contributed by atoms with E-state index in [4.69, 9.17) is 5.26 Å². The molecule has 2 aromatic carbocycles. The van der Waals surface area contributed by atoms with Crippen molar-refractivity contribution in [2.24, 2.45) is 0 Å². The Labute approximate surface area is 120 Å². The van der Waals surface area contributed by atoms with Crippen LogP contribution in [0.4, 0.5) is 8.78 Å². The molecule has 0 atom stereocenters. The van der Waals surface area contributed by atoms with Crippen molar-refractivity contribution in [2.45, 2.75) is 13.5 Å². The molecule has 0 spiro atoms. The minimum atomic E-state index is -0.902. The van der Waals surface area contributed by atoms with Gasteiger partial charge in [-0.2, -0.15) is 5.26 Å². The minimum Gasteiger partial charge on any atom is -0.348 e. The molecular formula is C16H12F2N2O. The zero-order valence-electron chi connectivity index (χ0n) is 11.3. The summed E-state index contributed by atoms with van der Waals surface area (Å²) in [6.45, 7) is 1.62. The fourth-order valence-corrected chi connectivity index (χ4v) is 1.86. The predicted octanol–water partition coefficient (Wildman–Crippen LogP) is 3.07. The van der Waals surface area contributed by atoms with E-state index in [1.54, 1.807) is 24.3 Å². The highest BCUT2D eigenvalue weighted by molar-refractivity contribution is 5.94. The number of nitrogens with one attached hydrogen (secondary N) is 1. The first kappa shape index (κ1) is 14.7. The third-order valence-electron chi connectivity index (χ3n) is 3.00. The quantitative estimate of drug-likeness (QED) is 0.942. The van der Waals surface area contributed by atoms with E-state index < -0.39 is 17.5 Å². The van der Waals surface area contributed by atoms with Crippen LogP contribution in [0.25, 0.3) is 0 Å². The largest absolute Gasteiger partial charge is 0.348 e. The second-order valence-electron chi connectivity index (χ2n) is 4.58. The Hall–Kier alpha value is -2.74. The second kappa shape index (κ2) is 6.14. The number of hydrogen-bond donors (Lipinski definition) is 1. The maximum atomic E-state index is 13.6. The summed E-state index contributed by atoms with van der Waals surface area (Å²) in [6, 6.07) is 10.6. The topological polar surface area (TPSA) is 52.9 Å². The molecular weight excluding hydrogens is 274 g/mol. The van der Waals surface area contributed by atoms with Crippen molar-refractivity contribution < 1.29 is 13.6 Å². The second-order valence-corrected chi connectivity index (χ2v) is 4.58. The number of hydrogen-bond acceptors (Lipinski definition) is 2.